The molecule has 62 valence electrons. The second-order valence-corrected chi connectivity index (χ2v) is 9.79. The molecule has 0 aromatic carbocycles. The maximum atomic E-state index is 2.44. The van der Waals surface area contributed by atoms with Crippen molar-refractivity contribution in [3.05, 3.63) is 24.3 Å². The van der Waals surface area contributed by atoms with Gasteiger partial charge in [0.2, 0.25) is 0 Å². The van der Waals surface area contributed by atoms with E-state index >= 15 is 0 Å². The van der Waals surface area contributed by atoms with Crippen LogP contribution in [0.2, 0.25) is 24.7 Å². The minimum Gasteiger partial charge on any atom is -0.0773 e. The molecule has 0 bridgehead atoms. The highest BCUT2D eigenvalue weighted by atomic mass is 28.3. The molecule has 0 aromatic heterocycles. The monoisotopic (exact) mass is 166 g/mol. The highest BCUT2D eigenvalue weighted by molar-refractivity contribution is 6.80. The third kappa shape index (κ3) is 1.34. The van der Waals surface area contributed by atoms with Crippen molar-refractivity contribution in [3.8, 4) is 0 Å². The lowest BCUT2D eigenvalue weighted by Gasteiger charge is -2.36. The highest BCUT2D eigenvalue weighted by Gasteiger charge is 2.38. The van der Waals surface area contributed by atoms with Crippen LogP contribution in [0.5, 0.6) is 0 Å². The maximum Gasteiger partial charge on any atom is 0.0596 e. The first-order chi connectivity index (χ1) is 5.02. The lowest BCUT2D eigenvalue weighted by atomic mass is 10.1. The zero-order valence-corrected chi connectivity index (χ0v) is 9.02. The molecule has 1 heteroatoms. The summed E-state index contributed by atoms with van der Waals surface area (Å²) in [4.78, 5) is 0. The molecule has 0 nitrogen and oxygen atoms in total. The molecule has 0 atom stereocenters. The molecular formula is C10H18Si. The summed E-state index contributed by atoms with van der Waals surface area (Å²) in [6.07, 6.45) is 10.4. The van der Waals surface area contributed by atoms with Crippen molar-refractivity contribution in [1.82, 2.24) is 0 Å². The predicted octanol–water partition coefficient (Wildman–Crippen LogP) is 3.60. The van der Waals surface area contributed by atoms with Crippen LogP contribution in [-0.4, -0.2) is 8.07 Å². The first-order valence-electron chi connectivity index (χ1n) is 4.39. The molecule has 0 spiro atoms. The zero-order valence-electron chi connectivity index (χ0n) is 8.02. The van der Waals surface area contributed by atoms with E-state index in [1.165, 1.54) is 6.42 Å². The van der Waals surface area contributed by atoms with Gasteiger partial charge < -0.3 is 0 Å². The second-order valence-electron chi connectivity index (χ2n) is 4.36. The Labute approximate surface area is 71.0 Å². The Morgan fingerprint density at radius 2 is 1.55 bits per heavy atom. The van der Waals surface area contributed by atoms with Crippen LogP contribution in [0, 0.1) is 0 Å². The Kier molecular flexibility index (Phi) is 2.10. The maximum absolute atomic E-state index is 2.44. The van der Waals surface area contributed by atoms with Gasteiger partial charge in [0, 0.05) is 5.04 Å². The van der Waals surface area contributed by atoms with Crippen LogP contribution in [0.25, 0.3) is 0 Å². The van der Waals surface area contributed by atoms with Crippen molar-refractivity contribution in [1.29, 1.82) is 0 Å². The van der Waals surface area contributed by atoms with Gasteiger partial charge in [0.25, 0.3) is 0 Å². The smallest absolute Gasteiger partial charge is 0.0596 e. The Balaban J connectivity index is 2.95. The van der Waals surface area contributed by atoms with E-state index in [1.807, 2.05) is 0 Å². The molecule has 0 aliphatic heterocycles. The van der Waals surface area contributed by atoms with E-state index in [4.69, 9.17) is 0 Å². The number of hydrogen-bond acceptors (Lipinski definition) is 0. The third-order valence-electron chi connectivity index (χ3n) is 2.88. The summed E-state index contributed by atoms with van der Waals surface area (Å²) in [5, 5.41) is 0.451. The van der Waals surface area contributed by atoms with Gasteiger partial charge in [-0.05, 0) is 6.42 Å². The van der Waals surface area contributed by atoms with E-state index in [0.717, 1.165) is 0 Å². The predicted molar refractivity (Wildman–Crippen MR) is 54.6 cm³/mol. The van der Waals surface area contributed by atoms with E-state index in [9.17, 15) is 0 Å². The second kappa shape index (κ2) is 2.63. The van der Waals surface area contributed by atoms with Crippen LogP contribution in [0.15, 0.2) is 24.3 Å². The quantitative estimate of drug-likeness (QED) is 0.550. The van der Waals surface area contributed by atoms with Crippen LogP contribution in [0.3, 0.4) is 0 Å². The van der Waals surface area contributed by atoms with Crippen molar-refractivity contribution in [3.63, 3.8) is 0 Å². The van der Waals surface area contributed by atoms with Gasteiger partial charge in [0.05, 0.1) is 8.07 Å². The van der Waals surface area contributed by atoms with Gasteiger partial charge in [-0.25, -0.2) is 0 Å². The third-order valence-corrected chi connectivity index (χ3v) is 6.36. The van der Waals surface area contributed by atoms with Crippen molar-refractivity contribution in [2.24, 2.45) is 0 Å². The summed E-state index contributed by atoms with van der Waals surface area (Å²) >= 11 is 0. The lowest BCUT2D eigenvalue weighted by molar-refractivity contribution is 0.771. The molecule has 0 N–H and O–H groups in total. The van der Waals surface area contributed by atoms with Gasteiger partial charge in [0.15, 0.2) is 0 Å². The van der Waals surface area contributed by atoms with Gasteiger partial charge in [0.1, 0.15) is 0 Å². The average Bonchev–Trinajstić information content (AvgIpc) is 2.33. The summed E-state index contributed by atoms with van der Waals surface area (Å²) in [5.74, 6) is 0. The summed E-state index contributed by atoms with van der Waals surface area (Å²) in [6, 6.07) is 0. The molecule has 0 unspecified atom stereocenters. The standard InChI is InChI=1S/C10H18Si/c1-5-10(11(2,3)4)8-6-7-9-10/h6-9H,5H2,1-4H3. The first-order valence-corrected chi connectivity index (χ1v) is 7.89. The topological polar surface area (TPSA) is 0 Å². The van der Waals surface area contributed by atoms with Crippen molar-refractivity contribution in [2.45, 2.75) is 38.0 Å². The highest BCUT2D eigenvalue weighted by Crippen LogP contribution is 2.46. The molecule has 0 saturated carbocycles. The van der Waals surface area contributed by atoms with Crippen LogP contribution in [0.4, 0.5) is 0 Å². The largest absolute Gasteiger partial charge is 0.0773 e. The Bertz CT molecular complexity index is 181. The Morgan fingerprint density at radius 1 is 1.09 bits per heavy atom. The van der Waals surface area contributed by atoms with Gasteiger partial charge >= 0.3 is 0 Å². The Morgan fingerprint density at radius 3 is 1.73 bits per heavy atom. The number of hydrogen-bond donors (Lipinski definition) is 0. The van der Waals surface area contributed by atoms with Gasteiger partial charge in [-0.15, -0.1) is 0 Å². The average molecular weight is 166 g/mol. The lowest BCUT2D eigenvalue weighted by Crippen LogP contribution is -2.35. The van der Waals surface area contributed by atoms with E-state index in [1.54, 1.807) is 0 Å². The zero-order chi connectivity index (χ0) is 8.54. The molecule has 0 fully saturated rings. The molecule has 0 saturated heterocycles. The summed E-state index contributed by atoms with van der Waals surface area (Å²) in [5.41, 5.74) is 0. The van der Waals surface area contributed by atoms with Gasteiger partial charge in [-0.2, -0.15) is 0 Å². The van der Waals surface area contributed by atoms with Gasteiger partial charge in [-0.1, -0.05) is 50.9 Å². The SMILES string of the molecule is CCC1([Si](C)(C)C)C=CC=C1. The molecule has 0 radical (unpaired) electrons. The minimum absolute atomic E-state index is 0.451. The fourth-order valence-corrected chi connectivity index (χ4v) is 4.03. The molecule has 0 aromatic rings. The molecule has 0 heterocycles. The minimum atomic E-state index is -1.05. The fraction of sp³-hybridized carbons (Fsp3) is 0.600. The van der Waals surface area contributed by atoms with E-state index in [0.29, 0.717) is 5.04 Å². The van der Waals surface area contributed by atoms with Crippen LogP contribution >= 0.6 is 0 Å². The molecule has 11 heavy (non-hydrogen) atoms. The summed E-state index contributed by atoms with van der Waals surface area (Å²) < 4.78 is 0. The van der Waals surface area contributed by atoms with Crippen LogP contribution in [0.1, 0.15) is 13.3 Å². The van der Waals surface area contributed by atoms with Gasteiger partial charge in [-0.3, -0.25) is 0 Å². The summed E-state index contributed by atoms with van der Waals surface area (Å²) in [6.45, 7) is 9.61. The van der Waals surface area contributed by atoms with E-state index in [2.05, 4.69) is 50.9 Å². The van der Waals surface area contributed by atoms with Crippen molar-refractivity contribution in [2.75, 3.05) is 0 Å². The van der Waals surface area contributed by atoms with E-state index in [-0.39, 0.29) is 0 Å². The normalized spacial score (nSPS) is 21.1. The van der Waals surface area contributed by atoms with Crippen molar-refractivity contribution >= 4 is 8.07 Å². The summed E-state index contributed by atoms with van der Waals surface area (Å²) in [7, 11) is -1.05. The first kappa shape index (κ1) is 8.79. The molecule has 1 aliphatic carbocycles. The molecular weight excluding hydrogens is 148 g/mol. The van der Waals surface area contributed by atoms with Crippen LogP contribution in [-0.2, 0) is 0 Å². The molecule has 1 rings (SSSR count). The fourth-order valence-electron chi connectivity index (χ4n) is 1.78. The number of allylic oxidation sites excluding steroid dienone is 4. The molecule has 0 amide bonds. The van der Waals surface area contributed by atoms with Crippen molar-refractivity contribution < 1.29 is 0 Å². The number of rotatable bonds is 2. The van der Waals surface area contributed by atoms with Crippen LogP contribution < -0.4 is 0 Å². The molecule has 1 aliphatic rings. The Hall–Kier alpha value is -0.303. The van der Waals surface area contributed by atoms with E-state index < -0.39 is 8.07 Å².